The van der Waals surface area contributed by atoms with Crippen LogP contribution in [0.2, 0.25) is 5.02 Å². The monoisotopic (exact) mass is 458 g/mol. The van der Waals surface area contributed by atoms with Crippen molar-refractivity contribution in [3.63, 3.8) is 0 Å². The van der Waals surface area contributed by atoms with E-state index in [0.29, 0.717) is 16.3 Å². The van der Waals surface area contributed by atoms with E-state index in [4.69, 9.17) is 11.6 Å². The van der Waals surface area contributed by atoms with Gasteiger partial charge in [-0.25, -0.2) is 4.39 Å². The lowest BCUT2D eigenvalue weighted by molar-refractivity contribution is 0.308. The lowest BCUT2D eigenvalue weighted by atomic mass is 9.84. The Labute approximate surface area is 174 Å². The molecule has 2 nitrogen and oxygen atoms in total. The number of allylic oxidation sites excluding steroid dienone is 2. The van der Waals surface area contributed by atoms with Gasteiger partial charge >= 0.3 is 0 Å². The number of halogens is 3. The van der Waals surface area contributed by atoms with Gasteiger partial charge in [0.1, 0.15) is 5.82 Å². The average Bonchev–Trinajstić information content (AvgIpc) is 2.92. The van der Waals surface area contributed by atoms with E-state index in [1.54, 1.807) is 30.0 Å². The van der Waals surface area contributed by atoms with Gasteiger partial charge in [-0.1, -0.05) is 67.0 Å². The SMILES string of the molecule is C=C/C(Br)=C\SC1CNC(CC(C)(C)C)C1C#N.Fc1cccc(Cl)c1. The molecule has 1 heterocycles. The first-order valence-corrected chi connectivity index (χ1v) is 10.5. The Kier molecular flexibility index (Phi) is 9.95. The standard InChI is InChI=1S/C14H21BrN2S.C6H4ClF/c1-5-10(15)9-18-13-8-17-12(11(13)7-16)6-14(2,3)4;7-5-2-1-3-6(8)4-5/h5,9,11-13,17H,1,6,8H2,2-4H3;1-4H/b10-9+;. The zero-order valence-corrected chi connectivity index (χ0v) is 18.5. The van der Waals surface area contributed by atoms with Crippen LogP contribution in [0.25, 0.3) is 0 Å². The lowest BCUT2D eigenvalue weighted by Crippen LogP contribution is -2.31. The van der Waals surface area contributed by atoms with Crippen LogP contribution >= 0.6 is 39.3 Å². The molecule has 1 saturated heterocycles. The molecule has 0 saturated carbocycles. The average molecular weight is 460 g/mol. The van der Waals surface area contributed by atoms with Crippen LogP contribution < -0.4 is 5.32 Å². The third kappa shape index (κ3) is 8.73. The Morgan fingerprint density at radius 2 is 2.23 bits per heavy atom. The molecule has 6 heteroatoms. The van der Waals surface area contributed by atoms with E-state index in [0.717, 1.165) is 17.4 Å². The van der Waals surface area contributed by atoms with E-state index in [9.17, 15) is 9.65 Å². The Bertz CT molecular complexity index is 649. The molecule has 0 aromatic heterocycles. The van der Waals surface area contributed by atoms with E-state index in [-0.39, 0.29) is 17.2 Å². The van der Waals surface area contributed by atoms with Crippen molar-refractivity contribution < 1.29 is 4.39 Å². The molecule has 1 aliphatic rings. The Morgan fingerprint density at radius 1 is 1.54 bits per heavy atom. The summed E-state index contributed by atoms with van der Waals surface area (Å²) in [6, 6.07) is 8.60. The fourth-order valence-corrected chi connectivity index (χ4v) is 4.12. The Hall–Kier alpha value is -0.800. The van der Waals surface area contributed by atoms with Gasteiger partial charge in [0.25, 0.3) is 0 Å². The summed E-state index contributed by atoms with van der Waals surface area (Å²) in [5.41, 5.74) is 0.254. The van der Waals surface area contributed by atoms with Crippen molar-refractivity contribution in [1.82, 2.24) is 5.32 Å². The number of thioether (sulfide) groups is 1. The maximum atomic E-state index is 12.1. The Morgan fingerprint density at radius 3 is 2.69 bits per heavy atom. The third-order valence-electron chi connectivity index (χ3n) is 3.73. The molecule has 0 radical (unpaired) electrons. The van der Waals surface area contributed by atoms with Crippen molar-refractivity contribution >= 4 is 39.3 Å². The molecule has 1 aromatic rings. The summed E-state index contributed by atoms with van der Waals surface area (Å²) in [6.45, 7) is 11.3. The molecule has 1 aliphatic heterocycles. The topological polar surface area (TPSA) is 35.8 Å². The van der Waals surface area contributed by atoms with Gasteiger partial charge in [0.15, 0.2) is 0 Å². The highest BCUT2D eigenvalue weighted by Gasteiger charge is 2.37. The molecule has 1 N–H and O–H groups in total. The first kappa shape index (κ1) is 23.2. The first-order valence-electron chi connectivity index (χ1n) is 8.34. The van der Waals surface area contributed by atoms with Crippen LogP contribution in [0, 0.1) is 28.5 Å². The van der Waals surface area contributed by atoms with Gasteiger partial charge in [0.05, 0.1) is 12.0 Å². The van der Waals surface area contributed by atoms with Gasteiger partial charge in [-0.15, -0.1) is 11.8 Å². The van der Waals surface area contributed by atoms with Crippen LogP contribution in [0.15, 0.2) is 46.8 Å². The smallest absolute Gasteiger partial charge is 0.124 e. The second kappa shape index (κ2) is 11.1. The van der Waals surface area contributed by atoms with Crippen LogP contribution in [0.1, 0.15) is 27.2 Å². The van der Waals surface area contributed by atoms with Crippen LogP contribution in [0.3, 0.4) is 0 Å². The molecule has 0 aliphatic carbocycles. The quantitative estimate of drug-likeness (QED) is 0.519. The molecular formula is C20H25BrClFN2S. The second-order valence-electron chi connectivity index (χ2n) is 7.26. The number of benzene rings is 1. The van der Waals surface area contributed by atoms with Crippen molar-refractivity contribution in [3.8, 4) is 6.07 Å². The van der Waals surface area contributed by atoms with E-state index in [1.807, 2.05) is 5.41 Å². The minimum atomic E-state index is -0.294. The molecular weight excluding hydrogens is 435 g/mol. The summed E-state index contributed by atoms with van der Waals surface area (Å²) in [6.07, 6.45) is 2.80. The summed E-state index contributed by atoms with van der Waals surface area (Å²) in [7, 11) is 0. The van der Waals surface area contributed by atoms with Gasteiger partial charge in [-0.05, 0) is 35.4 Å². The van der Waals surface area contributed by atoms with Gasteiger partial charge in [-0.3, -0.25) is 0 Å². The molecule has 26 heavy (non-hydrogen) atoms. The second-order valence-corrected chi connectivity index (χ2v) is 9.72. The Balaban J connectivity index is 0.000000350. The molecule has 0 bridgehead atoms. The number of hydrogen-bond donors (Lipinski definition) is 1. The van der Waals surface area contributed by atoms with E-state index >= 15 is 0 Å². The minimum Gasteiger partial charge on any atom is -0.311 e. The molecule has 3 unspecified atom stereocenters. The highest BCUT2D eigenvalue weighted by Crippen LogP contribution is 2.34. The number of nitrogens with one attached hydrogen (secondary N) is 1. The van der Waals surface area contributed by atoms with E-state index in [1.165, 1.54) is 12.1 Å². The van der Waals surface area contributed by atoms with Gasteiger partial charge < -0.3 is 5.32 Å². The highest BCUT2D eigenvalue weighted by molar-refractivity contribution is 9.12. The summed E-state index contributed by atoms with van der Waals surface area (Å²) in [5, 5.41) is 15.7. The van der Waals surface area contributed by atoms with Crippen LogP contribution in [0.4, 0.5) is 4.39 Å². The number of nitrogens with zero attached hydrogens (tertiary/aromatic N) is 1. The maximum Gasteiger partial charge on any atom is 0.124 e. The predicted octanol–water partition coefficient (Wildman–Crippen LogP) is 6.54. The van der Waals surface area contributed by atoms with Crippen LogP contribution in [-0.2, 0) is 0 Å². The van der Waals surface area contributed by atoms with E-state index < -0.39 is 0 Å². The van der Waals surface area contributed by atoms with Crippen LogP contribution in [-0.4, -0.2) is 17.8 Å². The number of hydrogen-bond acceptors (Lipinski definition) is 3. The largest absolute Gasteiger partial charge is 0.311 e. The molecule has 0 spiro atoms. The molecule has 0 amide bonds. The number of nitriles is 1. The fraction of sp³-hybridized carbons (Fsp3) is 0.450. The van der Waals surface area contributed by atoms with Crippen LogP contribution in [0.5, 0.6) is 0 Å². The molecule has 3 atom stereocenters. The highest BCUT2D eigenvalue weighted by atomic mass is 79.9. The minimum absolute atomic E-state index is 0.0793. The first-order chi connectivity index (χ1) is 12.2. The molecule has 1 fully saturated rings. The molecule has 142 valence electrons. The predicted molar refractivity (Wildman–Crippen MR) is 115 cm³/mol. The molecule has 2 rings (SSSR count). The summed E-state index contributed by atoms with van der Waals surface area (Å²) < 4.78 is 13.1. The third-order valence-corrected chi connectivity index (χ3v) is 6.02. The summed E-state index contributed by atoms with van der Waals surface area (Å²) in [5.74, 6) is -0.215. The van der Waals surface area contributed by atoms with Gasteiger partial charge in [0, 0.05) is 27.3 Å². The summed E-state index contributed by atoms with van der Waals surface area (Å²) >= 11 is 10.5. The van der Waals surface area contributed by atoms with Crippen molar-refractivity contribution in [2.75, 3.05) is 6.54 Å². The van der Waals surface area contributed by atoms with Crippen molar-refractivity contribution in [2.24, 2.45) is 11.3 Å². The summed E-state index contributed by atoms with van der Waals surface area (Å²) in [4.78, 5) is 0. The maximum absolute atomic E-state index is 12.1. The molecule has 1 aromatic carbocycles. The zero-order valence-electron chi connectivity index (χ0n) is 15.3. The van der Waals surface area contributed by atoms with E-state index in [2.05, 4.69) is 54.7 Å². The van der Waals surface area contributed by atoms with Crippen molar-refractivity contribution in [2.45, 2.75) is 38.5 Å². The lowest BCUT2D eigenvalue weighted by Gasteiger charge is -2.25. The van der Waals surface area contributed by atoms with Gasteiger partial charge in [-0.2, -0.15) is 5.26 Å². The normalized spacial score (nSPS) is 23.0. The van der Waals surface area contributed by atoms with Crippen molar-refractivity contribution in [3.05, 3.63) is 57.7 Å². The zero-order chi connectivity index (χ0) is 19.7. The van der Waals surface area contributed by atoms with Crippen molar-refractivity contribution in [1.29, 1.82) is 5.26 Å². The van der Waals surface area contributed by atoms with Gasteiger partial charge in [0.2, 0.25) is 0 Å². The number of rotatable bonds is 4. The fourth-order valence-electron chi connectivity index (χ4n) is 2.61.